The third-order valence-electron chi connectivity index (χ3n) is 5.32. The third kappa shape index (κ3) is 5.30. The summed E-state index contributed by atoms with van der Waals surface area (Å²) in [4.78, 5) is 24.1. The summed E-state index contributed by atoms with van der Waals surface area (Å²) in [6, 6.07) is 12.0. The molecule has 11 heteroatoms. The van der Waals surface area contributed by atoms with E-state index >= 15 is 0 Å². The molecule has 0 atom stereocenters. The van der Waals surface area contributed by atoms with E-state index in [0.29, 0.717) is 30.2 Å². The van der Waals surface area contributed by atoms with Gasteiger partial charge >= 0.3 is 0 Å². The van der Waals surface area contributed by atoms with Gasteiger partial charge in [-0.1, -0.05) is 23.5 Å². The van der Waals surface area contributed by atoms with Gasteiger partial charge in [-0.15, -0.1) is 12.4 Å². The van der Waals surface area contributed by atoms with E-state index in [4.69, 9.17) is 4.98 Å². The number of nitrogens with zero attached hydrogens (tertiary/aromatic N) is 5. The van der Waals surface area contributed by atoms with Gasteiger partial charge in [-0.05, 0) is 49.2 Å². The number of sulfonamides is 1. The van der Waals surface area contributed by atoms with Gasteiger partial charge in [0.05, 0.1) is 21.4 Å². The fourth-order valence-corrected chi connectivity index (χ4v) is 5.41. The van der Waals surface area contributed by atoms with E-state index < -0.39 is 10.0 Å². The van der Waals surface area contributed by atoms with Crippen molar-refractivity contribution in [3.63, 3.8) is 0 Å². The zero-order valence-electron chi connectivity index (χ0n) is 19.1. The summed E-state index contributed by atoms with van der Waals surface area (Å²) in [7, 11) is -0.608. The van der Waals surface area contributed by atoms with Crippen LogP contribution in [0.1, 0.15) is 22.3 Å². The number of imidazole rings is 1. The normalized spacial score (nSPS) is 11.5. The molecule has 0 aliphatic rings. The number of para-hydroxylation sites is 1. The van der Waals surface area contributed by atoms with Crippen molar-refractivity contribution >= 4 is 55.0 Å². The zero-order chi connectivity index (χ0) is 23.6. The number of rotatable bonds is 8. The van der Waals surface area contributed by atoms with E-state index in [0.717, 1.165) is 20.1 Å². The van der Waals surface area contributed by atoms with Gasteiger partial charge < -0.3 is 4.57 Å². The van der Waals surface area contributed by atoms with Crippen LogP contribution in [0.15, 0.2) is 66.1 Å². The summed E-state index contributed by atoms with van der Waals surface area (Å²) in [5.74, 6) is -0.217. The highest BCUT2D eigenvalue weighted by Crippen LogP contribution is 2.31. The minimum Gasteiger partial charge on any atom is -0.337 e. The van der Waals surface area contributed by atoms with E-state index in [9.17, 15) is 13.2 Å². The van der Waals surface area contributed by atoms with Gasteiger partial charge in [0.15, 0.2) is 5.13 Å². The number of thiazole rings is 1. The summed E-state index contributed by atoms with van der Waals surface area (Å²) in [5, 5.41) is 0.625. The summed E-state index contributed by atoms with van der Waals surface area (Å²) in [6.07, 6.45) is 6.07. The van der Waals surface area contributed by atoms with E-state index in [1.807, 2.05) is 35.9 Å². The lowest BCUT2D eigenvalue weighted by atomic mass is 10.2. The molecule has 2 heterocycles. The second-order valence-corrected chi connectivity index (χ2v) is 11.0. The van der Waals surface area contributed by atoms with E-state index in [2.05, 4.69) is 4.98 Å². The van der Waals surface area contributed by atoms with Crippen LogP contribution in [-0.2, 0) is 16.6 Å². The maximum atomic E-state index is 13.5. The number of halogens is 1. The Morgan fingerprint density at radius 1 is 1.12 bits per heavy atom. The number of hydrogen-bond donors (Lipinski definition) is 0. The molecule has 2 aromatic heterocycles. The molecular weight excluding hydrogens is 494 g/mol. The Hall–Kier alpha value is -2.79. The molecule has 180 valence electrons. The molecule has 0 spiro atoms. The number of aromatic nitrogens is 3. The predicted molar refractivity (Wildman–Crippen MR) is 137 cm³/mol. The number of aryl methyl sites for hydroxylation is 2. The predicted octanol–water partition coefficient (Wildman–Crippen LogP) is 4.21. The van der Waals surface area contributed by atoms with Crippen molar-refractivity contribution in [3.8, 4) is 0 Å². The van der Waals surface area contributed by atoms with Gasteiger partial charge in [-0.3, -0.25) is 9.69 Å². The topological polar surface area (TPSA) is 88.4 Å². The first-order valence-electron chi connectivity index (χ1n) is 10.4. The number of fused-ring (bicyclic) bond motifs is 1. The molecule has 0 bridgehead atoms. The third-order valence-corrected chi connectivity index (χ3v) is 8.20. The highest BCUT2D eigenvalue weighted by molar-refractivity contribution is 7.89. The van der Waals surface area contributed by atoms with Crippen LogP contribution in [0.5, 0.6) is 0 Å². The maximum Gasteiger partial charge on any atom is 0.260 e. The van der Waals surface area contributed by atoms with Gasteiger partial charge in [-0.25, -0.2) is 22.7 Å². The standard InChI is InChI=1S/C23H25N5O3S2.ClH/c1-17-6-4-7-20-21(17)25-23(32-20)28(14-5-13-27-15-12-24-16-27)22(29)18-8-10-19(11-9-18)33(30,31)26(2)3;/h4,6-12,15-16H,5,13-14H2,1-3H3;1H. The van der Waals surface area contributed by atoms with Crippen molar-refractivity contribution in [2.24, 2.45) is 0 Å². The summed E-state index contributed by atoms with van der Waals surface area (Å²) in [6.45, 7) is 3.18. The average Bonchev–Trinajstić information content (AvgIpc) is 3.47. The molecule has 0 saturated carbocycles. The monoisotopic (exact) mass is 519 g/mol. The van der Waals surface area contributed by atoms with Crippen LogP contribution in [-0.4, -0.2) is 53.8 Å². The highest BCUT2D eigenvalue weighted by atomic mass is 35.5. The van der Waals surface area contributed by atoms with Crippen LogP contribution in [0.25, 0.3) is 10.2 Å². The molecule has 0 N–H and O–H groups in total. The molecule has 0 aliphatic heterocycles. The number of carbonyl (C=O) groups is 1. The molecule has 0 radical (unpaired) electrons. The summed E-state index contributed by atoms with van der Waals surface area (Å²) in [5.41, 5.74) is 2.35. The number of carbonyl (C=O) groups excluding carboxylic acids is 1. The van der Waals surface area contributed by atoms with Crippen molar-refractivity contribution < 1.29 is 13.2 Å². The molecule has 0 fully saturated rings. The van der Waals surface area contributed by atoms with Crippen LogP contribution in [0.2, 0.25) is 0 Å². The molecule has 4 aromatic rings. The van der Waals surface area contributed by atoms with Crippen LogP contribution in [0.3, 0.4) is 0 Å². The molecule has 34 heavy (non-hydrogen) atoms. The first kappa shape index (κ1) is 25.8. The summed E-state index contributed by atoms with van der Waals surface area (Å²) < 4.78 is 28.9. The van der Waals surface area contributed by atoms with Crippen LogP contribution < -0.4 is 4.90 Å². The number of hydrogen-bond acceptors (Lipinski definition) is 6. The van der Waals surface area contributed by atoms with Gasteiger partial charge in [0.1, 0.15) is 0 Å². The lowest BCUT2D eigenvalue weighted by Gasteiger charge is -2.20. The fourth-order valence-electron chi connectivity index (χ4n) is 3.44. The Morgan fingerprint density at radius 2 is 1.85 bits per heavy atom. The summed E-state index contributed by atoms with van der Waals surface area (Å²) >= 11 is 1.47. The van der Waals surface area contributed by atoms with Crippen molar-refractivity contribution in [2.75, 3.05) is 25.5 Å². The molecule has 0 unspecified atom stereocenters. The number of benzene rings is 2. The minimum atomic E-state index is -3.56. The Kier molecular flexibility index (Phi) is 8.09. The quantitative estimate of drug-likeness (QED) is 0.348. The molecule has 2 aromatic carbocycles. The van der Waals surface area contributed by atoms with Gasteiger partial charge in [-0.2, -0.15) is 0 Å². The lowest BCUT2D eigenvalue weighted by molar-refractivity contribution is 0.0986. The van der Waals surface area contributed by atoms with Gasteiger partial charge in [0.25, 0.3) is 5.91 Å². The van der Waals surface area contributed by atoms with Gasteiger partial charge in [0, 0.05) is 45.1 Å². The Balaban J connectivity index is 0.00000324. The molecular formula is C23H26ClN5O3S2. The molecule has 0 saturated heterocycles. The fraction of sp³-hybridized carbons (Fsp3) is 0.261. The Bertz CT molecular complexity index is 1370. The van der Waals surface area contributed by atoms with Crippen molar-refractivity contribution in [1.29, 1.82) is 0 Å². The van der Waals surface area contributed by atoms with Crippen molar-refractivity contribution in [2.45, 2.75) is 24.8 Å². The second kappa shape index (κ2) is 10.6. The minimum absolute atomic E-state index is 0. The zero-order valence-corrected chi connectivity index (χ0v) is 21.5. The first-order chi connectivity index (χ1) is 15.8. The van der Waals surface area contributed by atoms with Crippen LogP contribution in [0.4, 0.5) is 5.13 Å². The van der Waals surface area contributed by atoms with Crippen molar-refractivity contribution in [3.05, 3.63) is 72.3 Å². The molecule has 8 nitrogen and oxygen atoms in total. The largest absolute Gasteiger partial charge is 0.337 e. The Morgan fingerprint density at radius 3 is 2.47 bits per heavy atom. The lowest BCUT2D eigenvalue weighted by Crippen LogP contribution is -2.32. The SMILES string of the molecule is Cc1cccc2sc(N(CCCn3ccnc3)C(=O)c3ccc(S(=O)(=O)N(C)C)cc3)nc12.Cl. The Labute approximate surface area is 209 Å². The van der Waals surface area contributed by atoms with Crippen molar-refractivity contribution in [1.82, 2.24) is 18.8 Å². The smallest absolute Gasteiger partial charge is 0.260 e. The van der Waals surface area contributed by atoms with Crippen LogP contribution >= 0.6 is 23.7 Å². The number of amides is 1. The molecule has 1 amide bonds. The average molecular weight is 520 g/mol. The van der Waals surface area contributed by atoms with E-state index in [1.54, 1.807) is 29.6 Å². The first-order valence-corrected chi connectivity index (χ1v) is 12.7. The van der Waals surface area contributed by atoms with E-state index in [1.165, 1.54) is 37.6 Å². The second-order valence-electron chi connectivity index (χ2n) is 7.84. The molecule has 4 rings (SSSR count). The maximum absolute atomic E-state index is 13.5. The van der Waals surface area contributed by atoms with E-state index in [-0.39, 0.29) is 23.2 Å². The highest BCUT2D eigenvalue weighted by Gasteiger charge is 2.23. The molecule has 0 aliphatic carbocycles. The number of anilines is 1. The van der Waals surface area contributed by atoms with Gasteiger partial charge in [0.2, 0.25) is 10.0 Å². The van der Waals surface area contributed by atoms with Crippen LogP contribution in [0, 0.1) is 6.92 Å².